The van der Waals surface area contributed by atoms with Crippen LogP contribution in [0, 0.1) is 0 Å². The number of benzene rings is 1. The van der Waals surface area contributed by atoms with Crippen LogP contribution in [0.25, 0.3) is 0 Å². The molecule has 1 atom stereocenters. The second-order valence-corrected chi connectivity index (χ2v) is 6.73. The molecule has 1 aliphatic heterocycles. The van der Waals surface area contributed by atoms with E-state index in [-0.39, 0.29) is 5.54 Å². The molecule has 2 N–H and O–H groups in total. The SMILES string of the molecule is NCC1(N2CCCCCC2)CCCc2cc(Cl)ccc21. The van der Waals surface area contributed by atoms with E-state index >= 15 is 0 Å². The largest absolute Gasteiger partial charge is 0.328 e. The predicted octanol–water partition coefficient (Wildman–Crippen LogP) is 3.71. The second-order valence-electron chi connectivity index (χ2n) is 6.29. The molecule has 1 saturated heterocycles. The Morgan fingerprint density at radius 2 is 1.85 bits per heavy atom. The van der Waals surface area contributed by atoms with E-state index in [9.17, 15) is 0 Å². The minimum atomic E-state index is 0.0580. The zero-order chi connectivity index (χ0) is 14.0. The van der Waals surface area contributed by atoms with E-state index in [0.29, 0.717) is 0 Å². The number of aryl methyl sites for hydroxylation is 1. The average molecular weight is 293 g/mol. The zero-order valence-electron chi connectivity index (χ0n) is 12.2. The van der Waals surface area contributed by atoms with E-state index in [1.807, 2.05) is 6.07 Å². The fourth-order valence-electron chi connectivity index (χ4n) is 4.10. The van der Waals surface area contributed by atoms with Gasteiger partial charge in [-0.05, 0) is 68.5 Å². The van der Waals surface area contributed by atoms with Crippen molar-refractivity contribution in [2.45, 2.75) is 50.5 Å². The summed E-state index contributed by atoms with van der Waals surface area (Å²) >= 11 is 6.18. The van der Waals surface area contributed by atoms with Crippen LogP contribution in [0.3, 0.4) is 0 Å². The van der Waals surface area contributed by atoms with Crippen molar-refractivity contribution in [1.29, 1.82) is 0 Å². The number of rotatable bonds is 2. The maximum absolute atomic E-state index is 6.30. The van der Waals surface area contributed by atoms with Crippen molar-refractivity contribution in [1.82, 2.24) is 4.90 Å². The molecule has 1 heterocycles. The average Bonchev–Trinajstić information content (AvgIpc) is 2.75. The van der Waals surface area contributed by atoms with Gasteiger partial charge in [0.05, 0.1) is 5.54 Å². The Morgan fingerprint density at radius 3 is 2.55 bits per heavy atom. The molecule has 0 aromatic heterocycles. The summed E-state index contributed by atoms with van der Waals surface area (Å²) in [6.45, 7) is 3.11. The topological polar surface area (TPSA) is 29.3 Å². The molecule has 0 spiro atoms. The van der Waals surface area contributed by atoms with Crippen LogP contribution in [0.1, 0.15) is 49.7 Å². The quantitative estimate of drug-likeness (QED) is 0.900. The molecule has 20 heavy (non-hydrogen) atoms. The Balaban J connectivity index is 2.00. The number of hydrogen-bond donors (Lipinski definition) is 1. The highest BCUT2D eigenvalue weighted by atomic mass is 35.5. The van der Waals surface area contributed by atoms with Crippen molar-refractivity contribution in [2.24, 2.45) is 5.73 Å². The molecule has 1 aliphatic carbocycles. The maximum Gasteiger partial charge on any atom is 0.0586 e. The highest BCUT2D eigenvalue weighted by Crippen LogP contribution is 2.41. The highest BCUT2D eigenvalue weighted by molar-refractivity contribution is 6.30. The van der Waals surface area contributed by atoms with Gasteiger partial charge in [0.2, 0.25) is 0 Å². The summed E-state index contributed by atoms with van der Waals surface area (Å²) in [6.07, 6.45) is 8.91. The van der Waals surface area contributed by atoms with Crippen LogP contribution in [-0.4, -0.2) is 24.5 Å². The van der Waals surface area contributed by atoms with Gasteiger partial charge in [-0.1, -0.05) is 30.5 Å². The normalized spacial score (nSPS) is 27.9. The van der Waals surface area contributed by atoms with Gasteiger partial charge in [0.1, 0.15) is 0 Å². The van der Waals surface area contributed by atoms with Gasteiger partial charge in [0.15, 0.2) is 0 Å². The molecule has 2 nitrogen and oxygen atoms in total. The molecule has 2 aliphatic rings. The number of hydrogen-bond acceptors (Lipinski definition) is 2. The van der Waals surface area contributed by atoms with E-state index in [1.54, 1.807) is 0 Å². The molecule has 110 valence electrons. The standard InChI is InChI=1S/C17H25ClN2/c18-15-7-8-16-14(12-15)6-5-9-17(16,13-19)20-10-3-1-2-4-11-20/h7-8,12H,1-6,9-11,13,19H2. The van der Waals surface area contributed by atoms with E-state index < -0.39 is 0 Å². The second kappa shape index (κ2) is 6.05. The van der Waals surface area contributed by atoms with Crippen LogP contribution >= 0.6 is 11.6 Å². The minimum absolute atomic E-state index is 0.0580. The maximum atomic E-state index is 6.30. The lowest BCUT2D eigenvalue weighted by Gasteiger charge is -2.47. The summed E-state index contributed by atoms with van der Waals surface area (Å²) in [7, 11) is 0. The van der Waals surface area contributed by atoms with Crippen molar-refractivity contribution in [3.8, 4) is 0 Å². The fourth-order valence-corrected chi connectivity index (χ4v) is 4.29. The monoisotopic (exact) mass is 292 g/mol. The van der Waals surface area contributed by atoms with Gasteiger partial charge < -0.3 is 5.73 Å². The van der Waals surface area contributed by atoms with Gasteiger partial charge in [-0.3, -0.25) is 4.90 Å². The van der Waals surface area contributed by atoms with Crippen molar-refractivity contribution in [3.63, 3.8) is 0 Å². The lowest BCUT2D eigenvalue weighted by atomic mass is 9.75. The van der Waals surface area contributed by atoms with Crippen LogP contribution in [0.5, 0.6) is 0 Å². The molecular weight excluding hydrogens is 268 g/mol. The van der Waals surface area contributed by atoms with Gasteiger partial charge in [-0.25, -0.2) is 0 Å². The van der Waals surface area contributed by atoms with Crippen molar-refractivity contribution >= 4 is 11.6 Å². The summed E-state index contributed by atoms with van der Waals surface area (Å²) in [5.41, 5.74) is 9.21. The number of fused-ring (bicyclic) bond motifs is 1. The molecule has 0 saturated carbocycles. The fraction of sp³-hybridized carbons (Fsp3) is 0.647. The van der Waals surface area contributed by atoms with Gasteiger partial charge in [0, 0.05) is 11.6 Å². The lowest BCUT2D eigenvalue weighted by molar-refractivity contribution is 0.0777. The van der Waals surface area contributed by atoms with Gasteiger partial charge in [0.25, 0.3) is 0 Å². The van der Waals surface area contributed by atoms with Crippen molar-refractivity contribution in [3.05, 3.63) is 34.3 Å². The number of halogens is 1. The number of nitrogens with zero attached hydrogens (tertiary/aromatic N) is 1. The summed E-state index contributed by atoms with van der Waals surface area (Å²) in [6, 6.07) is 6.42. The Hall–Kier alpha value is -0.570. The predicted molar refractivity (Wildman–Crippen MR) is 85.2 cm³/mol. The first-order valence-electron chi connectivity index (χ1n) is 8.00. The Bertz CT molecular complexity index is 466. The minimum Gasteiger partial charge on any atom is -0.328 e. The van der Waals surface area contributed by atoms with Crippen molar-refractivity contribution < 1.29 is 0 Å². The van der Waals surface area contributed by atoms with Crippen LogP contribution in [-0.2, 0) is 12.0 Å². The third-order valence-corrected chi connectivity index (χ3v) is 5.39. The molecule has 3 rings (SSSR count). The Labute approximate surface area is 127 Å². The molecule has 1 aromatic carbocycles. The lowest BCUT2D eigenvalue weighted by Crippen LogP contribution is -2.53. The summed E-state index contributed by atoms with van der Waals surface area (Å²) in [5, 5.41) is 0.854. The molecule has 1 aromatic rings. The molecular formula is C17H25ClN2. The van der Waals surface area contributed by atoms with Gasteiger partial charge in [-0.15, -0.1) is 0 Å². The number of likely N-dealkylation sites (tertiary alicyclic amines) is 1. The molecule has 3 heteroatoms. The number of nitrogens with two attached hydrogens (primary N) is 1. The van der Waals surface area contributed by atoms with Crippen LogP contribution in [0.4, 0.5) is 0 Å². The first-order chi connectivity index (χ1) is 9.76. The van der Waals surface area contributed by atoms with E-state index in [1.165, 1.54) is 62.7 Å². The van der Waals surface area contributed by atoms with Crippen molar-refractivity contribution in [2.75, 3.05) is 19.6 Å². The molecule has 1 unspecified atom stereocenters. The third-order valence-electron chi connectivity index (χ3n) is 5.15. The third kappa shape index (κ3) is 2.49. The summed E-state index contributed by atoms with van der Waals surface area (Å²) in [5.74, 6) is 0. The van der Waals surface area contributed by atoms with Crippen LogP contribution in [0.15, 0.2) is 18.2 Å². The first-order valence-corrected chi connectivity index (χ1v) is 8.38. The van der Waals surface area contributed by atoms with Gasteiger partial charge in [-0.2, -0.15) is 0 Å². The summed E-state index contributed by atoms with van der Waals surface area (Å²) < 4.78 is 0. The Kier molecular flexibility index (Phi) is 4.34. The van der Waals surface area contributed by atoms with Crippen LogP contribution in [0.2, 0.25) is 5.02 Å². The first kappa shape index (κ1) is 14.4. The van der Waals surface area contributed by atoms with E-state index in [0.717, 1.165) is 18.0 Å². The van der Waals surface area contributed by atoms with Gasteiger partial charge >= 0.3 is 0 Å². The molecule has 0 radical (unpaired) electrons. The smallest absolute Gasteiger partial charge is 0.0586 e. The van der Waals surface area contributed by atoms with E-state index in [4.69, 9.17) is 17.3 Å². The van der Waals surface area contributed by atoms with E-state index in [2.05, 4.69) is 17.0 Å². The molecule has 0 bridgehead atoms. The van der Waals surface area contributed by atoms with Crippen LogP contribution < -0.4 is 5.73 Å². The highest BCUT2D eigenvalue weighted by Gasteiger charge is 2.40. The molecule has 1 fully saturated rings. The zero-order valence-corrected chi connectivity index (χ0v) is 13.0. The molecule has 0 amide bonds. The summed E-state index contributed by atoms with van der Waals surface area (Å²) in [4.78, 5) is 2.67. The Morgan fingerprint density at radius 1 is 1.10 bits per heavy atom.